The molecule has 1 heterocycles. The first-order valence-corrected chi connectivity index (χ1v) is 7.09. The summed E-state index contributed by atoms with van der Waals surface area (Å²) in [4.78, 5) is 0. The number of nitrogens with two attached hydrogens (primary N) is 1. The van der Waals surface area contributed by atoms with Crippen molar-refractivity contribution >= 4 is 0 Å². The minimum absolute atomic E-state index is 0.102. The third-order valence-corrected chi connectivity index (χ3v) is 3.37. The summed E-state index contributed by atoms with van der Waals surface area (Å²) in [5.41, 5.74) is 5.76. The summed E-state index contributed by atoms with van der Waals surface area (Å²) < 4.78 is 11.5. The molecule has 3 heteroatoms. The zero-order valence-electron chi connectivity index (χ0n) is 11.9. The molecule has 1 aromatic heterocycles. The Hall–Kier alpha value is -0.800. The fourth-order valence-corrected chi connectivity index (χ4v) is 2.04. The monoisotopic (exact) mass is 253 g/mol. The molecule has 0 aliphatic carbocycles. The van der Waals surface area contributed by atoms with E-state index in [1.807, 2.05) is 19.1 Å². The molecule has 0 radical (unpaired) electrons. The lowest BCUT2D eigenvalue weighted by atomic mass is 10.0. The second-order valence-corrected chi connectivity index (χ2v) is 4.92. The Labute approximate surface area is 111 Å². The number of hydrogen-bond acceptors (Lipinski definition) is 3. The molecular weight excluding hydrogens is 226 g/mol. The average molecular weight is 253 g/mol. The maximum absolute atomic E-state index is 5.92. The number of hydrogen-bond donors (Lipinski definition) is 1. The van der Waals surface area contributed by atoms with Crippen LogP contribution in [0.2, 0.25) is 0 Å². The maximum atomic E-state index is 5.92. The van der Waals surface area contributed by atoms with Crippen molar-refractivity contribution in [1.82, 2.24) is 0 Å². The molecule has 2 atom stereocenters. The van der Waals surface area contributed by atoms with Crippen LogP contribution in [0.25, 0.3) is 0 Å². The molecule has 1 rings (SSSR count). The highest BCUT2D eigenvalue weighted by atomic mass is 16.5. The highest BCUT2D eigenvalue weighted by Gasteiger charge is 2.16. The van der Waals surface area contributed by atoms with Crippen molar-refractivity contribution in [2.24, 2.45) is 11.7 Å². The molecule has 0 aliphatic heterocycles. The first-order chi connectivity index (χ1) is 8.71. The summed E-state index contributed by atoms with van der Waals surface area (Å²) in [5.74, 6) is 2.39. The van der Waals surface area contributed by atoms with Gasteiger partial charge in [-0.2, -0.15) is 0 Å². The Bertz CT molecular complexity index is 322. The van der Waals surface area contributed by atoms with Crippen molar-refractivity contribution in [3.05, 3.63) is 23.7 Å². The van der Waals surface area contributed by atoms with Gasteiger partial charge in [-0.3, -0.25) is 0 Å². The second-order valence-electron chi connectivity index (χ2n) is 4.92. The molecule has 0 bridgehead atoms. The van der Waals surface area contributed by atoms with Crippen LogP contribution < -0.4 is 5.73 Å². The summed E-state index contributed by atoms with van der Waals surface area (Å²) in [6, 6.07) is 3.91. The Kier molecular flexibility index (Phi) is 7.06. The van der Waals surface area contributed by atoms with E-state index >= 15 is 0 Å². The molecule has 2 unspecified atom stereocenters. The van der Waals surface area contributed by atoms with Crippen molar-refractivity contribution in [2.45, 2.75) is 52.6 Å². The van der Waals surface area contributed by atoms with Crippen molar-refractivity contribution in [2.75, 3.05) is 13.2 Å². The lowest BCUT2D eigenvalue weighted by Crippen LogP contribution is -2.19. The summed E-state index contributed by atoms with van der Waals surface area (Å²) in [6.07, 6.45) is 4.81. The Morgan fingerprint density at radius 2 is 2.11 bits per heavy atom. The second kappa shape index (κ2) is 8.33. The van der Waals surface area contributed by atoms with Crippen LogP contribution in [0.5, 0.6) is 0 Å². The predicted molar refractivity (Wildman–Crippen MR) is 74.5 cm³/mol. The molecule has 0 amide bonds. The zero-order chi connectivity index (χ0) is 13.4. The Morgan fingerprint density at radius 1 is 1.33 bits per heavy atom. The van der Waals surface area contributed by atoms with Crippen molar-refractivity contribution in [1.29, 1.82) is 0 Å². The topological polar surface area (TPSA) is 48.4 Å². The molecule has 2 N–H and O–H groups in total. The summed E-state index contributed by atoms with van der Waals surface area (Å²) in [5, 5.41) is 0. The molecule has 1 aromatic rings. The van der Waals surface area contributed by atoms with Gasteiger partial charge in [-0.05, 0) is 31.4 Å². The Morgan fingerprint density at radius 3 is 2.61 bits per heavy atom. The third-order valence-electron chi connectivity index (χ3n) is 3.37. The smallest absolute Gasteiger partial charge is 0.134 e. The quantitative estimate of drug-likeness (QED) is 0.727. The van der Waals surface area contributed by atoms with Crippen LogP contribution in [-0.2, 0) is 4.74 Å². The molecule has 18 heavy (non-hydrogen) atoms. The van der Waals surface area contributed by atoms with E-state index in [9.17, 15) is 0 Å². The lowest BCUT2D eigenvalue weighted by Gasteiger charge is -2.19. The van der Waals surface area contributed by atoms with E-state index in [4.69, 9.17) is 14.9 Å². The predicted octanol–water partition coefficient (Wildman–Crippen LogP) is 3.82. The minimum atomic E-state index is -0.102. The van der Waals surface area contributed by atoms with Gasteiger partial charge in [0.05, 0.1) is 6.61 Å². The van der Waals surface area contributed by atoms with Gasteiger partial charge < -0.3 is 14.9 Å². The number of aryl methyl sites for hydroxylation is 1. The van der Waals surface area contributed by atoms with Gasteiger partial charge >= 0.3 is 0 Å². The molecule has 104 valence electrons. The van der Waals surface area contributed by atoms with Gasteiger partial charge in [0.1, 0.15) is 17.6 Å². The van der Waals surface area contributed by atoms with Gasteiger partial charge in [-0.15, -0.1) is 0 Å². The average Bonchev–Trinajstić information content (AvgIpc) is 2.80. The first-order valence-electron chi connectivity index (χ1n) is 7.09. The van der Waals surface area contributed by atoms with Gasteiger partial charge in [-0.25, -0.2) is 0 Å². The standard InChI is InChI=1S/C15H27NO2/c1-4-6-7-13(5-2)11-17-15(10-16)14-9-8-12(3)18-14/h8-9,13,15H,4-7,10-11,16H2,1-3H3. The van der Waals surface area contributed by atoms with Gasteiger partial charge in [0.25, 0.3) is 0 Å². The number of unbranched alkanes of at least 4 members (excludes halogenated alkanes) is 1. The highest BCUT2D eigenvalue weighted by molar-refractivity contribution is 5.08. The van der Waals surface area contributed by atoms with E-state index in [1.54, 1.807) is 0 Å². The molecular formula is C15H27NO2. The van der Waals surface area contributed by atoms with Crippen molar-refractivity contribution in [3.63, 3.8) is 0 Å². The van der Waals surface area contributed by atoms with Crippen LogP contribution in [-0.4, -0.2) is 13.2 Å². The van der Waals surface area contributed by atoms with Gasteiger partial charge in [0, 0.05) is 6.54 Å². The molecule has 0 aliphatic rings. The van der Waals surface area contributed by atoms with E-state index in [0.717, 1.165) is 24.5 Å². The van der Waals surface area contributed by atoms with E-state index < -0.39 is 0 Å². The first kappa shape index (κ1) is 15.3. The minimum Gasteiger partial charge on any atom is -0.464 e. The fraction of sp³-hybridized carbons (Fsp3) is 0.733. The molecule has 0 fully saturated rings. The molecule has 0 saturated heterocycles. The largest absolute Gasteiger partial charge is 0.464 e. The maximum Gasteiger partial charge on any atom is 0.134 e. The molecule has 0 saturated carbocycles. The third kappa shape index (κ3) is 4.83. The molecule has 3 nitrogen and oxygen atoms in total. The SMILES string of the molecule is CCCCC(CC)COC(CN)c1ccc(C)o1. The van der Waals surface area contributed by atoms with Crippen LogP contribution in [0.15, 0.2) is 16.5 Å². The van der Waals surface area contributed by atoms with Crippen molar-refractivity contribution < 1.29 is 9.15 Å². The van der Waals surface area contributed by atoms with Crippen molar-refractivity contribution in [3.8, 4) is 0 Å². The van der Waals surface area contributed by atoms with E-state index in [1.165, 1.54) is 19.3 Å². The van der Waals surface area contributed by atoms with E-state index in [2.05, 4.69) is 13.8 Å². The number of ether oxygens (including phenoxy) is 1. The summed E-state index contributed by atoms with van der Waals surface area (Å²) in [7, 11) is 0. The van der Waals surface area contributed by atoms with Crippen LogP contribution in [0.3, 0.4) is 0 Å². The number of rotatable bonds is 9. The number of furan rings is 1. The van der Waals surface area contributed by atoms with Crippen LogP contribution >= 0.6 is 0 Å². The fourth-order valence-electron chi connectivity index (χ4n) is 2.04. The van der Waals surface area contributed by atoms with E-state index in [0.29, 0.717) is 12.5 Å². The zero-order valence-corrected chi connectivity index (χ0v) is 11.9. The van der Waals surface area contributed by atoms with Crippen LogP contribution in [0, 0.1) is 12.8 Å². The van der Waals surface area contributed by atoms with Crippen LogP contribution in [0.4, 0.5) is 0 Å². The molecule has 0 spiro atoms. The van der Waals surface area contributed by atoms with Gasteiger partial charge in [0.15, 0.2) is 0 Å². The Balaban J connectivity index is 2.43. The normalized spacial score (nSPS) is 14.7. The van der Waals surface area contributed by atoms with Gasteiger partial charge in [0.2, 0.25) is 0 Å². The lowest BCUT2D eigenvalue weighted by molar-refractivity contribution is 0.0173. The summed E-state index contributed by atoms with van der Waals surface area (Å²) in [6.45, 7) is 7.63. The summed E-state index contributed by atoms with van der Waals surface area (Å²) >= 11 is 0. The highest BCUT2D eigenvalue weighted by Crippen LogP contribution is 2.21. The van der Waals surface area contributed by atoms with Crippen LogP contribution in [0.1, 0.15) is 57.2 Å². The van der Waals surface area contributed by atoms with Gasteiger partial charge in [-0.1, -0.05) is 33.1 Å². The molecule has 0 aromatic carbocycles. The van der Waals surface area contributed by atoms with E-state index in [-0.39, 0.29) is 6.10 Å².